The van der Waals surface area contributed by atoms with Crippen molar-refractivity contribution in [2.24, 2.45) is 4.99 Å². The second-order valence-electron chi connectivity index (χ2n) is 7.10. The third-order valence-electron chi connectivity index (χ3n) is 5.04. The van der Waals surface area contributed by atoms with E-state index in [2.05, 4.69) is 26.3 Å². The van der Waals surface area contributed by atoms with E-state index in [0.29, 0.717) is 26.2 Å². The Morgan fingerprint density at radius 1 is 1.33 bits per heavy atom. The number of pyridine rings is 1. The second kappa shape index (κ2) is 9.03. The molecule has 2 aliphatic rings. The molecule has 8 nitrogen and oxygen atoms in total. The van der Waals surface area contributed by atoms with E-state index >= 15 is 0 Å². The van der Waals surface area contributed by atoms with Gasteiger partial charge < -0.3 is 24.8 Å². The number of aromatic nitrogens is 1. The van der Waals surface area contributed by atoms with Gasteiger partial charge in [0.25, 0.3) is 5.91 Å². The largest absolute Gasteiger partial charge is 0.368 e. The van der Waals surface area contributed by atoms with Crippen LogP contribution in [-0.4, -0.2) is 86.7 Å². The Labute approximate surface area is 161 Å². The summed E-state index contributed by atoms with van der Waals surface area (Å²) in [6.07, 6.45) is 3.40. The molecule has 0 bridgehead atoms. The van der Waals surface area contributed by atoms with Crippen molar-refractivity contribution in [3.63, 3.8) is 0 Å². The average molecular weight is 374 g/mol. The summed E-state index contributed by atoms with van der Waals surface area (Å²) in [4.78, 5) is 27.5. The highest BCUT2D eigenvalue weighted by Crippen LogP contribution is 2.17. The van der Waals surface area contributed by atoms with Gasteiger partial charge in [0.05, 0.1) is 0 Å². The smallest absolute Gasteiger partial charge is 0.251 e. The molecule has 148 valence electrons. The molecule has 1 aromatic rings. The molecule has 27 heavy (non-hydrogen) atoms. The standard InChI is InChI=1S/C19H30N6O2/c1-20-19(22-14-15-6-4-8-21-17(15)23(2)3)25-11-9-24(10-12-25)18(26)16-7-5-13-27-16/h4,6,8,16H,5,7,9-14H2,1-3H3,(H,20,22). The third-order valence-corrected chi connectivity index (χ3v) is 5.04. The molecule has 3 rings (SSSR count). The van der Waals surface area contributed by atoms with Crippen LogP contribution in [0.3, 0.4) is 0 Å². The number of hydrogen-bond donors (Lipinski definition) is 1. The van der Waals surface area contributed by atoms with Crippen molar-refractivity contribution in [3.05, 3.63) is 23.9 Å². The minimum Gasteiger partial charge on any atom is -0.368 e. The molecule has 0 aromatic carbocycles. The van der Waals surface area contributed by atoms with Crippen molar-refractivity contribution in [2.75, 3.05) is 58.8 Å². The van der Waals surface area contributed by atoms with Gasteiger partial charge in [0.1, 0.15) is 11.9 Å². The summed E-state index contributed by atoms with van der Waals surface area (Å²) in [5.74, 6) is 1.95. The lowest BCUT2D eigenvalue weighted by Gasteiger charge is -2.37. The predicted molar refractivity (Wildman–Crippen MR) is 106 cm³/mol. The Kier molecular flexibility index (Phi) is 6.49. The number of nitrogens with one attached hydrogen (secondary N) is 1. The van der Waals surface area contributed by atoms with Crippen LogP contribution in [0.4, 0.5) is 5.82 Å². The van der Waals surface area contributed by atoms with Crippen LogP contribution in [-0.2, 0) is 16.1 Å². The molecule has 0 spiro atoms. The van der Waals surface area contributed by atoms with E-state index in [-0.39, 0.29) is 12.0 Å². The van der Waals surface area contributed by atoms with Crippen LogP contribution in [0.15, 0.2) is 23.3 Å². The van der Waals surface area contributed by atoms with E-state index in [1.807, 2.05) is 30.0 Å². The van der Waals surface area contributed by atoms with Gasteiger partial charge in [0.15, 0.2) is 5.96 Å². The fourth-order valence-corrected chi connectivity index (χ4v) is 3.59. The number of piperazine rings is 1. The van der Waals surface area contributed by atoms with Gasteiger partial charge in [-0.15, -0.1) is 0 Å². The van der Waals surface area contributed by atoms with Gasteiger partial charge in [-0.25, -0.2) is 4.98 Å². The van der Waals surface area contributed by atoms with E-state index in [4.69, 9.17) is 4.74 Å². The highest BCUT2D eigenvalue weighted by Gasteiger charge is 2.30. The Balaban J connectivity index is 1.53. The number of ether oxygens (including phenoxy) is 1. The van der Waals surface area contributed by atoms with Crippen LogP contribution >= 0.6 is 0 Å². The highest BCUT2D eigenvalue weighted by molar-refractivity contribution is 5.83. The fraction of sp³-hybridized carbons (Fsp3) is 0.632. The van der Waals surface area contributed by atoms with Gasteiger partial charge in [-0.2, -0.15) is 0 Å². The molecule has 2 fully saturated rings. The molecule has 1 N–H and O–H groups in total. The van der Waals surface area contributed by atoms with Gasteiger partial charge in [-0.1, -0.05) is 6.07 Å². The first kappa shape index (κ1) is 19.4. The number of nitrogens with zero attached hydrogens (tertiary/aromatic N) is 5. The van der Waals surface area contributed by atoms with Crippen LogP contribution < -0.4 is 10.2 Å². The van der Waals surface area contributed by atoms with Gasteiger partial charge in [-0.3, -0.25) is 9.79 Å². The number of carbonyl (C=O) groups is 1. The lowest BCUT2D eigenvalue weighted by atomic mass is 10.2. The minimum atomic E-state index is -0.232. The minimum absolute atomic E-state index is 0.140. The number of carbonyl (C=O) groups excluding carboxylic acids is 1. The van der Waals surface area contributed by atoms with Gasteiger partial charge in [-0.05, 0) is 18.9 Å². The normalized spacial score (nSPS) is 20.7. The van der Waals surface area contributed by atoms with Crippen molar-refractivity contribution in [3.8, 4) is 0 Å². The number of aliphatic imine (C=N–C) groups is 1. The monoisotopic (exact) mass is 374 g/mol. The summed E-state index contributed by atoms with van der Waals surface area (Å²) in [7, 11) is 5.78. The van der Waals surface area contributed by atoms with E-state index in [9.17, 15) is 4.79 Å². The maximum absolute atomic E-state index is 12.5. The molecule has 2 saturated heterocycles. The first-order valence-corrected chi connectivity index (χ1v) is 9.57. The Morgan fingerprint density at radius 3 is 2.70 bits per heavy atom. The van der Waals surface area contributed by atoms with Crippen molar-refractivity contribution < 1.29 is 9.53 Å². The van der Waals surface area contributed by atoms with Crippen LogP contribution in [0, 0.1) is 0 Å². The Bertz CT molecular complexity index is 664. The Hall–Kier alpha value is -2.35. The summed E-state index contributed by atoms with van der Waals surface area (Å²) in [5, 5.41) is 3.43. The first-order valence-electron chi connectivity index (χ1n) is 9.57. The lowest BCUT2D eigenvalue weighted by Crippen LogP contribution is -2.55. The molecule has 1 unspecified atom stereocenters. The quantitative estimate of drug-likeness (QED) is 0.613. The predicted octanol–water partition coefficient (Wildman–Crippen LogP) is 0.546. The number of rotatable bonds is 4. The van der Waals surface area contributed by atoms with Crippen molar-refractivity contribution in [1.29, 1.82) is 0 Å². The maximum Gasteiger partial charge on any atom is 0.251 e. The van der Waals surface area contributed by atoms with E-state index in [1.54, 1.807) is 13.2 Å². The van der Waals surface area contributed by atoms with Gasteiger partial charge in [0, 0.05) is 72.2 Å². The second-order valence-corrected chi connectivity index (χ2v) is 7.10. The summed E-state index contributed by atoms with van der Waals surface area (Å²) in [6.45, 7) is 4.31. The molecule has 2 aliphatic heterocycles. The Morgan fingerprint density at radius 2 is 2.07 bits per heavy atom. The lowest BCUT2D eigenvalue weighted by molar-refractivity contribution is -0.142. The number of guanidine groups is 1. The van der Waals surface area contributed by atoms with E-state index in [1.165, 1.54) is 0 Å². The molecule has 0 radical (unpaired) electrons. The van der Waals surface area contributed by atoms with Gasteiger partial charge >= 0.3 is 0 Å². The number of hydrogen-bond acceptors (Lipinski definition) is 5. The summed E-state index contributed by atoms with van der Waals surface area (Å²) >= 11 is 0. The zero-order valence-corrected chi connectivity index (χ0v) is 16.5. The number of amides is 1. The van der Waals surface area contributed by atoms with Crippen molar-refractivity contribution >= 4 is 17.7 Å². The fourth-order valence-electron chi connectivity index (χ4n) is 3.59. The summed E-state index contributed by atoms with van der Waals surface area (Å²) in [5.41, 5.74) is 1.12. The molecule has 1 amide bonds. The van der Waals surface area contributed by atoms with E-state index in [0.717, 1.165) is 43.3 Å². The number of anilines is 1. The van der Waals surface area contributed by atoms with Crippen LogP contribution in [0.25, 0.3) is 0 Å². The van der Waals surface area contributed by atoms with Crippen LogP contribution in [0.2, 0.25) is 0 Å². The molecule has 3 heterocycles. The highest BCUT2D eigenvalue weighted by atomic mass is 16.5. The SMILES string of the molecule is CN=C(NCc1cccnc1N(C)C)N1CCN(C(=O)C2CCCO2)CC1. The van der Waals surface area contributed by atoms with Crippen molar-refractivity contribution in [2.45, 2.75) is 25.5 Å². The van der Waals surface area contributed by atoms with Crippen LogP contribution in [0.5, 0.6) is 0 Å². The van der Waals surface area contributed by atoms with Crippen molar-refractivity contribution in [1.82, 2.24) is 20.1 Å². The third kappa shape index (κ3) is 4.68. The zero-order chi connectivity index (χ0) is 19.2. The average Bonchev–Trinajstić information content (AvgIpc) is 3.23. The molecular weight excluding hydrogens is 344 g/mol. The molecule has 8 heteroatoms. The molecule has 1 atom stereocenters. The first-order chi connectivity index (χ1) is 13.1. The maximum atomic E-state index is 12.5. The van der Waals surface area contributed by atoms with Gasteiger partial charge in [0.2, 0.25) is 0 Å². The zero-order valence-electron chi connectivity index (χ0n) is 16.5. The summed E-state index contributed by atoms with van der Waals surface area (Å²) in [6, 6.07) is 4.02. The van der Waals surface area contributed by atoms with E-state index < -0.39 is 0 Å². The molecular formula is C19H30N6O2. The summed E-state index contributed by atoms with van der Waals surface area (Å²) < 4.78 is 5.53. The molecule has 0 saturated carbocycles. The molecule has 0 aliphatic carbocycles. The topological polar surface area (TPSA) is 73.3 Å². The molecule has 1 aromatic heterocycles. The van der Waals surface area contributed by atoms with Crippen LogP contribution in [0.1, 0.15) is 18.4 Å².